The average Bonchev–Trinajstić information content (AvgIpc) is 3.21. The first-order valence-corrected chi connectivity index (χ1v) is 11.8. The molecular formula is C24H33ClN2O4. The Balaban J connectivity index is 1.55. The Labute approximate surface area is 189 Å². The number of nitrogens with zero attached hydrogens (tertiary/aromatic N) is 2. The maximum absolute atomic E-state index is 13.0. The lowest BCUT2D eigenvalue weighted by Gasteiger charge is -2.36. The Kier molecular flexibility index (Phi) is 6.50. The number of amides is 2. The number of fused-ring (bicyclic) bond motifs is 1. The summed E-state index contributed by atoms with van der Waals surface area (Å²) in [5.74, 6) is 0.290. The Morgan fingerprint density at radius 3 is 2.58 bits per heavy atom. The zero-order chi connectivity index (χ0) is 22.2. The molecule has 6 nitrogen and oxygen atoms in total. The van der Waals surface area contributed by atoms with E-state index in [2.05, 4.69) is 0 Å². The number of hydrogen-bond donors (Lipinski definition) is 0. The molecule has 1 atom stereocenters. The highest BCUT2D eigenvalue weighted by molar-refractivity contribution is 6.30. The van der Waals surface area contributed by atoms with Gasteiger partial charge in [-0.15, -0.1) is 0 Å². The summed E-state index contributed by atoms with van der Waals surface area (Å²) in [6, 6.07) is 3.96. The third-order valence-corrected chi connectivity index (χ3v) is 6.67. The fourth-order valence-electron chi connectivity index (χ4n) is 5.01. The number of halogens is 1. The number of likely N-dealkylation sites (tertiary alicyclic amines) is 1. The highest BCUT2D eigenvalue weighted by atomic mass is 35.5. The van der Waals surface area contributed by atoms with Crippen LogP contribution in [-0.2, 0) is 27.2 Å². The predicted octanol–water partition coefficient (Wildman–Crippen LogP) is 4.72. The van der Waals surface area contributed by atoms with Crippen molar-refractivity contribution in [3.8, 4) is 0 Å². The van der Waals surface area contributed by atoms with Crippen LogP contribution in [0.25, 0.3) is 0 Å². The number of carbonyl (C=O) groups is 2. The smallest absolute Gasteiger partial charge is 0.410 e. The Morgan fingerprint density at radius 2 is 1.87 bits per heavy atom. The van der Waals surface area contributed by atoms with Crippen LogP contribution in [0, 0.1) is 5.92 Å². The first kappa shape index (κ1) is 22.4. The van der Waals surface area contributed by atoms with Gasteiger partial charge in [0.1, 0.15) is 5.60 Å². The van der Waals surface area contributed by atoms with E-state index in [0.29, 0.717) is 37.9 Å². The highest BCUT2D eigenvalue weighted by Crippen LogP contribution is 2.39. The van der Waals surface area contributed by atoms with E-state index in [-0.39, 0.29) is 24.0 Å². The maximum atomic E-state index is 13.0. The molecular weight excluding hydrogens is 416 g/mol. The molecule has 0 radical (unpaired) electrons. The number of benzene rings is 1. The van der Waals surface area contributed by atoms with Crippen LogP contribution in [0.2, 0.25) is 5.02 Å². The molecule has 4 rings (SSSR count). The van der Waals surface area contributed by atoms with Gasteiger partial charge in [-0.25, -0.2) is 4.79 Å². The molecule has 0 aromatic heterocycles. The van der Waals surface area contributed by atoms with Gasteiger partial charge < -0.3 is 19.3 Å². The van der Waals surface area contributed by atoms with Crippen molar-refractivity contribution in [3.05, 3.63) is 33.8 Å². The van der Waals surface area contributed by atoms with Gasteiger partial charge in [-0.1, -0.05) is 11.6 Å². The lowest BCUT2D eigenvalue weighted by molar-refractivity contribution is -0.139. The van der Waals surface area contributed by atoms with E-state index in [9.17, 15) is 9.59 Å². The van der Waals surface area contributed by atoms with Crippen LogP contribution in [0.3, 0.4) is 0 Å². The highest BCUT2D eigenvalue weighted by Gasteiger charge is 2.36. The van der Waals surface area contributed by atoms with Gasteiger partial charge in [0.05, 0.1) is 6.04 Å². The van der Waals surface area contributed by atoms with Gasteiger partial charge in [0.25, 0.3) is 0 Å². The molecule has 2 amide bonds. The SMILES string of the molecule is CC(C)(C)OC(=O)N1CCC[C@H]1c1cc(Cl)cc2c1CCN(C(=O)C1CCOCC1)C2. The minimum atomic E-state index is -0.525. The first-order chi connectivity index (χ1) is 14.7. The third-order valence-electron chi connectivity index (χ3n) is 6.46. The monoisotopic (exact) mass is 448 g/mol. The van der Waals surface area contributed by atoms with Gasteiger partial charge in [-0.3, -0.25) is 4.79 Å². The van der Waals surface area contributed by atoms with Gasteiger partial charge in [0.2, 0.25) is 5.91 Å². The summed E-state index contributed by atoms with van der Waals surface area (Å²) in [4.78, 5) is 29.7. The minimum absolute atomic E-state index is 0.0277. The van der Waals surface area contributed by atoms with E-state index in [1.54, 1.807) is 0 Å². The molecule has 0 saturated carbocycles. The van der Waals surface area contributed by atoms with Gasteiger partial charge >= 0.3 is 6.09 Å². The molecule has 2 fully saturated rings. The van der Waals surface area contributed by atoms with Crippen molar-refractivity contribution < 1.29 is 19.1 Å². The van der Waals surface area contributed by atoms with E-state index >= 15 is 0 Å². The van der Waals surface area contributed by atoms with Crippen molar-refractivity contribution >= 4 is 23.6 Å². The van der Waals surface area contributed by atoms with E-state index in [0.717, 1.165) is 43.2 Å². The largest absolute Gasteiger partial charge is 0.444 e. The van der Waals surface area contributed by atoms with E-state index in [4.69, 9.17) is 21.1 Å². The maximum Gasteiger partial charge on any atom is 0.410 e. The fraction of sp³-hybridized carbons (Fsp3) is 0.667. The number of hydrogen-bond acceptors (Lipinski definition) is 4. The fourth-order valence-corrected chi connectivity index (χ4v) is 5.26. The van der Waals surface area contributed by atoms with Crippen molar-refractivity contribution in [1.82, 2.24) is 9.80 Å². The van der Waals surface area contributed by atoms with Crippen LogP contribution in [-0.4, -0.2) is 53.7 Å². The van der Waals surface area contributed by atoms with Gasteiger partial charge in [0, 0.05) is 43.8 Å². The molecule has 3 aliphatic heterocycles. The van der Waals surface area contributed by atoms with Crippen LogP contribution >= 0.6 is 11.6 Å². The number of rotatable bonds is 2. The summed E-state index contributed by atoms with van der Waals surface area (Å²) in [6.45, 7) is 8.98. The number of carbonyl (C=O) groups excluding carboxylic acids is 2. The second kappa shape index (κ2) is 8.99. The van der Waals surface area contributed by atoms with E-state index in [1.165, 1.54) is 5.56 Å². The Bertz CT molecular complexity index is 845. The summed E-state index contributed by atoms with van der Waals surface area (Å²) in [5.41, 5.74) is 2.93. The summed E-state index contributed by atoms with van der Waals surface area (Å²) >= 11 is 6.52. The standard InChI is InChI=1S/C24H33ClN2O4/c1-24(2,3)31-23(29)27-9-4-5-21(27)20-14-18(25)13-17-15-26(10-6-19(17)20)22(28)16-7-11-30-12-8-16/h13-14,16,21H,4-12,15H2,1-3H3/t21-/m0/s1. The van der Waals surface area contributed by atoms with Crippen LogP contribution in [0.15, 0.2) is 12.1 Å². The molecule has 7 heteroatoms. The zero-order valence-electron chi connectivity index (χ0n) is 18.8. The molecule has 170 valence electrons. The molecule has 3 aliphatic rings. The molecule has 0 unspecified atom stereocenters. The van der Waals surface area contributed by atoms with E-state index in [1.807, 2.05) is 42.7 Å². The Hall–Kier alpha value is -1.79. The molecule has 31 heavy (non-hydrogen) atoms. The second-order valence-corrected chi connectivity index (χ2v) is 10.3. The van der Waals surface area contributed by atoms with Crippen molar-refractivity contribution in [2.45, 2.75) is 71.1 Å². The van der Waals surface area contributed by atoms with Crippen molar-refractivity contribution in [1.29, 1.82) is 0 Å². The number of ether oxygens (including phenoxy) is 2. The van der Waals surface area contributed by atoms with Gasteiger partial charge in [-0.05, 0) is 81.7 Å². The summed E-state index contributed by atoms with van der Waals surface area (Å²) in [6.07, 6.45) is 3.97. The van der Waals surface area contributed by atoms with Crippen LogP contribution < -0.4 is 0 Å². The Morgan fingerprint density at radius 1 is 1.13 bits per heavy atom. The van der Waals surface area contributed by atoms with Crippen LogP contribution in [0.4, 0.5) is 4.79 Å². The quantitative estimate of drug-likeness (QED) is 0.656. The molecule has 0 bridgehead atoms. The molecule has 0 spiro atoms. The van der Waals surface area contributed by atoms with E-state index < -0.39 is 5.60 Å². The molecule has 1 aromatic carbocycles. The van der Waals surface area contributed by atoms with Crippen molar-refractivity contribution in [3.63, 3.8) is 0 Å². The zero-order valence-corrected chi connectivity index (χ0v) is 19.5. The third kappa shape index (κ3) is 5.01. The van der Waals surface area contributed by atoms with Crippen molar-refractivity contribution in [2.75, 3.05) is 26.3 Å². The molecule has 3 heterocycles. The molecule has 1 aromatic rings. The molecule has 0 aliphatic carbocycles. The summed E-state index contributed by atoms with van der Waals surface area (Å²) in [7, 11) is 0. The first-order valence-electron chi connectivity index (χ1n) is 11.4. The predicted molar refractivity (Wildman–Crippen MR) is 119 cm³/mol. The van der Waals surface area contributed by atoms with Gasteiger partial charge in [-0.2, -0.15) is 0 Å². The lowest BCUT2D eigenvalue weighted by Crippen LogP contribution is -2.42. The van der Waals surface area contributed by atoms with Crippen molar-refractivity contribution in [2.24, 2.45) is 5.92 Å². The normalized spacial score (nSPS) is 22.4. The molecule has 2 saturated heterocycles. The topological polar surface area (TPSA) is 59.1 Å². The van der Waals surface area contributed by atoms with Gasteiger partial charge in [0.15, 0.2) is 0 Å². The second-order valence-electron chi connectivity index (χ2n) is 9.86. The van der Waals surface area contributed by atoms with Crippen LogP contribution in [0.1, 0.15) is 69.2 Å². The lowest BCUT2D eigenvalue weighted by atomic mass is 9.89. The average molecular weight is 449 g/mol. The molecule has 0 N–H and O–H groups in total. The van der Waals surface area contributed by atoms with Crippen LogP contribution in [0.5, 0.6) is 0 Å². The summed E-state index contributed by atoms with van der Waals surface area (Å²) in [5, 5.41) is 0.658. The minimum Gasteiger partial charge on any atom is -0.444 e. The summed E-state index contributed by atoms with van der Waals surface area (Å²) < 4.78 is 11.1.